The minimum absolute atomic E-state index is 0.202. The number of thiophene rings is 1. The van der Waals surface area contributed by atoms with E-state index in [-0.39, 0.29) is 11.7 Å². The number of carbonyl (C=O) groups excluding carboxylic acids is 1. The molecule has 6 heteroatoms. The van der Waals surface area contributed by atoms with Crippen molar-refractivity contribution in [2.75, 3.05) is 31.1 Å². The quantitative estimate of drug-likeness (QED) is 0.846. The largest absolute Gasteiger partial charge is 0.464 e. The molecule has 23 heavy (non-hydrogen) atoms. The van der Waals surface area contributed by atoms with Gasteiger partial charge in [-0.3, -0.25) is 9.80 Å². The fraction of sp³-hybridized carbons (Fsp3) is 0.471. The molecular formula is C17H18N2O3S. The number of nitrogens with zero attached hydrogens (tertiary/aromatic N) is 2. The van der Waals surface area contributed by atoms with Gasteiger partial charge in [0.05, 0.1) is 12.8 Å². The van der Waals surface area contributed by atoms with Gasteiger partial charge < -0.3 is 9.15 Å². The van der Waals surface area contributed by atoms with Crippen LogP contribution in [0.4, 0.5) is 9.80 Å². The summed E-state index contributed by atoms with van der Waals surface area (Å²) in [6.07, 6.45) is 3.75. The van der Waals surface area contributed by atoms with E-state index in [9.17, 15) is 4.79 Å². The van der Waals surface area contributed by atoms with Gasteiger partial charge in [-0.25, -0.2) is 4.79 Å². The average Bonchev–Trinajstić information content (AvgIpc) is 3.28. The van der Waals surface area contributed by atoms with E-state index in [4.69, 9.17) is 9.15 Å². The van der Waals surface area contributed by atoms with Gasteiger partial charge in [-0.05, 0) is 44.1 Å². The van der Waals surface area contributed by atoms with Crippen molar-refractivity contribution in [2.24, 2.45) is 5.92 Å². The van der Waals surface area contributed by atoms with E-state index >= 15 is 0 Å². The maximum atomic E-state index is 12.5. The highest BCUT2D eigenvalue weighted by molar-refractivity contribution is 7.14. The number of hydrogen-bond donors (Lipinski definition) is 0. The third kappa shape index (κ3) is 2.05. The molecule has 4 aliphatic heterocycles. The molecule has 0 aromatic carbocycles. The topological polar surface area (TPSA) is 45.9 Å². The molecule has 6 rings (SSSR count). The Bertz CT molecular complexity index is 733. The molecule has 0 saturated carbocycles. The zero-order valence-electron chi connectivity index (χ0n) is 12.7. The number of carbonyl (C=O) groups is 1. The van der Waals surface area contributed by atoms with Crippen LogP contribution in [0.1, 0.15) is 12.8 Å². The molecule has 2 aromatic heterocycles. The molecule has 0 N–H and O–H groups in total. The van der Waals surface area contributed by atoms with Crippen molar-refractivity contribution >= 4 is 22.4 Å². The lowest BCUT2D eigenvalue weighted by Crippen LogP contribution is -2.61. The third-order valence-corrected chi connectivity index (χ3v) is 6.37. The summed E-state index contributed by atoms with van der Waals surface area (Å²) in [4.78, 5) is 16.7. The van der Waals surface area contributed by atoms with E-state index in [2.05, 4.69) is 4.90 Å². The molecule has 4 fully saturated rings. The number of amides is 1. The van der Waals surface area contributed by atoms with E-state index in [1.165, 1.54) is 0 Å². The highest BCUT2D eigenvalue weighted by Crippen LogP contribution is 2.44. The van der Waals surface area contributed by atoms with Gasteiger partial charge in [-0.2, -0.15) is 0 Å². The summed E-state index contributed by atoms with van der Waals surface area (Å²) in [5.41, 5.74) is 0.709. The zero-order chi connectivity index (χ0) is 15.4. The van der Waals surface area contributed by atoms with E-state index in [0.717, 1.165) is 48.8 Å². The monoisotopic (exact) mass is 330 g/mol. The fourth-order valence-corrected chi connectivity index (χ4v) is 5.11. The second kappa shape index (κ2) is 4.85. The van der Waals surface area contributed by atoms with Crippen molar-refractivity contribution in [1.29, 1.82) is 0 Å². The van der Waals surface area contributed by atoms with Gasteiger partial charge in [0.25, 0.3) is 0 Å². The molecular weight excluding hydrogens is 312 g/mol. The molecule has 6 heterocycles. The Kier molecular flexibility index (Phi) is 2.87. The average molecular weight is 330 g/mol. The van der Waals surface area contributed by atoms with Crippen LogP contribution < -0.4 is 4.90 Å². The van der Waals surface area contributed by atoms with Crippen LogP contribution in [0.15, 0.2) is 34.3 Å². The summed E-state index contributed by atoms with van der Waals surface area (Å²) in [7, 11) is 0. The van der Waals surface area contributed by atoms with Gasteiger partial charge >= 0.3 is 6.09 Å². The van der Waals surface area contributed by atoms with Gasteiger partial charge in [0.1, 0.15) is 16.4 Å². The molecule has 0 unspecified atom stereocenters. The van der Waals surface area contributed by atoms with Gasteiger partial charge in [0, 0.05) is 23.4 Å². The first-order chi connectivity index (χ1) is 11.2. The molecule has 4 saturated heterocycles. The number of ether oxygens (including phenoxy) is 1. The van der Waals surface area contributed by atoms with E-state index in [0.29, 0.717) is 12.5 Å². The molecule has 120 valence electrons. The number of hydrogen-bond acceptors (Lipinski definition) is 5. The summed E-state index contributed by atoms with van der Waals surface area (Å²) in [5, 5.41) is 2.97. The maximum absolute atomic E-state index is 12.5. The summed E-state index contributed by atoms with van der Waals surface area (Å²) in [6.45, 7) is 3.85. The SMILES string of the molecule is O=C1O[C@]2(CN3CCC2CC3)CN1c1cc(-c2ccco2)cs1. The van der Waals surface area contributed by atoms with E-state index < -0.39 is 0 Å². The van der Waals surface area contributed by atoms with Crippen LogP contribution in [0.2, 0.25) is 0 Å². The Balaban J connectivity index is 1.43. The number of rotatable bonds is 2. The second-order valence-electron chi connectivity index (χ2n) is 6.72. The molecule has 2 aromatic rings. The van der Waals surface area contributed by atoms with Crippen molar-refractivity contribution in [3.8, 4) is 11.3 Å². The highest BCUT2D eigenvalue weighted by atomic mass is 32.1. The summed E-state index contributed by atoms with van der Waals surface area (Å²) >= 11 is 1.57. The standard InChI is InChI=1S/C17H18N2O3S/c20-16-19(15-8-12(9-23-15)14-2-1-7-21-14)11-17(22-16)10-18-5-3-13(17)4-6-18/h1-2,7-9,13H,3-6,10-11H2/t17-/m1/s1. The highest BCUT2D eigenvalue weighted by Gasteiger charge is 2.55. The van der Waals surface area contributed by atoms with Gasteiger partial charge in [-0.15, -0.1) is 11.3 Å². The normalized spacial score (nSPS) is 32.7. The van der Waals surface area contributed by atoms with Gasteiger partial charge in [0.2, 0.25) is 0 Å². The van der Waals surface area contributed by atoms with Gasteiger partial charge in [0.15, 0.2) is 0 Å². The molecule has 5 nitrogen and oxygen atoms in total. The van der Waals surface area contributed by atoms with Crippen LogP contribution in [0.3, 0.4) is 0 Å². The Labute approximate surface area is 138 Å². The van der Waals surface area contributed by atoms with Crippen LogP contribution >= 0.6 is 11.3 Å². The van der Waals surface area contributed by atoms with Crippen LogP contribution in [0, 0.1) is 5.92 Å². The zero-order valence-corrected chi connectivity index (χ0v) is 13.6. The van der Waals surface area contributed by atoms with Crippen molar-refractivity contribution in [1.82, 2.24) is 4.90 Å². The Morgan fingerprint density at radius 2 is 2.13 bits per heavy atom. The Morgan fingerprint density at radius 3 is 2.83 bits per heavy atom. The maximum Gasteiger partial charge on any atom is 0.415 e. The molecule has 4 aliphatic rings. The lowest BCUT2D eigenvalue weighted by molar-refractivity contribution is -0.0881. The predicted octanol–water partition coefficient (Wildman–Crippen LogP) is 3.43. The minimum atomic E-state index is -0.303. The first-order valence-corrected chi connectivity index (χ1v) is 8.97. The number of anilines is 1. The number of fused-ring (bicyclic) bond motifs is 2. The van der Waals surface area contributed by atoms with E-state index in [1.807, 2.05) is 23.6 Å². The lowest BCUT2D eigenvalue weighted by Gasteiger charge is -2.49. The Hall–Kier alpha value is -1.79. The second-order valence-corrected chi connectivity index (χ2v) is 7.61. The number of piperidine rings is 3. The molecule has 1 atom stereocenters. The number of furan rings is 1. The summed E-state index contributed by atoms with van der Waals surface area (Å²) in [5.74, 6) is 1.34. The van der Waals surface area contributed by atoms with Crippen LogP contribution in [-0.2, 0) is 4.74 Å². The third-order valence-electron chi connectivity index (χ3n) is 5.42. The molecule has 2 bridgehead atoms. The summed E-state index contributed by atoms with van der Waals surface area (Å²) in [6, 6.07) is 5.83. The van der Waals surface area contributed by atoms with Crippen molar-refractivity contribution in [2.45, 2.75) is 18.4 Å². The predicted molar refractivity (Wildman–Crippen MR) is 87.7 cm³/mol. The Morgan fingerprint density at radius 1 is 1.26 bits per heavy atom. The van der Waals surface area contributed by atoms with Crippen molar-refractivity contribution in [3.05, 3.63) is 29.8 Å². The van der Waals surface area contributed by atoms with Crippen molar-refractivity contribution in [3.63, 3.8) is 0 Å². The smallest absolute Gasteiger partial charge is 0.415 e. The van der Waals surface area contributed by atoms with Crippen LogP contribution in [-0.4, -0.2) is 42.8 Å². The minimum Gasteiger partial charge on any atom is -0.464 e. The lowest BCUT2D eigenvalue weighted by atomic mass is 9.75. The van der Waals surface area contributed by atoms with Crippen LogP contribution in [0.5, 0.6) is 0 Å². The van der Waals surface area contributed by atoms with Crippen molar-refractivity contribution < 1.29 is 13.9 Å². The van der Waals surface area contributed by atoms with E-state index in [1.54, 1.807) is 22.5 Å². The first-order valence-electron chi connectivity index (χ1n) is 8.09. The van der Waals surface area contributed by atoms with Gasteiger partial charge in [-0.1, -0.05) is 0 Å². The first kappa shape index (κ1) is 13.6. The molecule has 0 radical (unpaired) electrons. The summed E-state index contributed by atoms with van der Waals surface area (Å²) < 4.78 is 11.4. The van der Waals surface area contributed by atoms with Crippen LogP contribution in [0.25, 0.3) is 11.3 Å². The molecule has 1 spiro atoms. The molecule has 1 amide bonds. The molecule has 0 aliphatic carbocycles. The fourth-order valence-electron chi connectivity index (χ4n) is 4.22.